The molecule has 1 amide bonds. The van der Waals surface area contributed by atoms with Crippen LogP contribution in [0.2, 0.25) is 0 Å². The van der Waals surface area contributed by atoms with Crippen molar-refractivity contribution in [2.24, 2.45) is 11.8 Å². The Kier molecular flexibility index (Phi) is 7.97. The van der Waals surface area contributed by atoms with Crippen LogP contribution in [0.3, 0.4) is 0 Å². The van der Waals surface area contributed by atoms with Crippen molar-refractivity contribution in [3.63, 3.8) is 0 Å². The fourth-order valence-electron chi connectivity index (χ4n) is 4.95. The second-order valence-corrected chi connectivity index (χ2v) is 10.8. The lowest BCUT2D eigenvalue weighted by atomic mass is 9.87. The van der Waals surface area contributed by atoms with Gasteiger partial charge in [0.15, 0.2) is 0 Å². The molecule has 7 heteroatoms. The first-order valence-corrected chi connectivity index (χ1v) is 12.8. The molecule has 3 nitrogen and oxygen atoms in total. The van der Waals surface area contributed by atoms with Crippen LogP contribution in [-0.4, -0.2) is 41.9 Å². The van der Waals surface area contributed by atoms with Gasteiger partial charge in [0, 0.05) is 49.1 Å². The first-order valence-electron chi connectivity index (χ1n) is 12.0. The van der Waals surface area contributed by atoms with Gasteiger partial charge in [-0.15, -0.1) is 11.3 Å². The van der Waals surface area contributed by atoms with Gasteiger partial charge < -0.3 is 4.90 Å². The summed E-state index contributed by atoms with van der Waals surface area (Å²) in [4.78, 5) is 18.8. The maximum Gasteiger partial charge on any atom is 0.416 e. The molecule has 0 radical (unpaired) electrons. The van der Waals surface area contributed by atoms with E-state index in [9.17, 15) is 18.0 Å². The quantitative estimate of drug-likeness (QED) is 0.340. The number of hydrogen-bond donors (Lipinski definition) is 0. The number of carbonyl (C=O) groups excluding carboxylic acids is 1. The summed E-state index contributed by atoms with van der Waals surface area (Å²) in [5, 5.41) is 2.04. The highest BCUT2D eigenvalue weighted by atomic mass is 32.1. The van der Waals surface area contributed by atoms with E-state index < -0.39 is 11.7 Å². The van der Waals surface area contributed by atoms with Crippen molar-refractivity contribution in [1.29, 1.82) is 0 Å². The zero-order chi connectivity index (χ0) is 25.0. The fraction of sp³-hybridized carbons (Fsp3) is 0.393. The van der Waals surface area contributed by atoms with Crippen molar-refractivity contribution in [2.75, 3.05) is 26.2 Å². The van der Waals surface area contributed by atoms with Crippen molar-refractivity contribution in [2.45, 2.75) is 32.5 Å². The molecular weight excluding hydrogens is 469 g/mol. The smallest absolute Gasteiger partial charge is 0.338 e. The molecule has 2 atom stereocenters. The second-order valence-electron chi connectivity index (χ2n) is 9.73. The lowest BCUT2D eigenvalue weighted by molar-refractivity contribution is -0.137. The molecular formula is C28H31F3N2OS. The highest BCUT2D eigenvalue weighted by Gasteiger charge is 2.38. The molecule has 0 unspecified atom stereocenters. The standard InChI is InChI=1S/C28H31F3N2OS/c1-20(2)15-33(27(34)21-8-4-3-5-9-21)17-23-16-32(18-25-12-7-13-35-25)19-26(23)22-10-6-11-24(14-22)28(29,30)31/h3-14,20,23,26H,15-19H2,1-2H3/t23-,26+/m0/s1. The largest absolute Gasteiger partial charge is 0.416 e. The van der Waals surface area contributed by atoms with Gasteiger partial charge >= 0.3 is 6.18 Å². The van der Waals surface area contributed by atoms with E-state index in [1.54, 1.807) is 17.4 Å². The van der Waals surface area contributed by atoms with Crippen LogP contribution in [0.25, 0.3) is 0 Å². The number of nitrogens with zero attached hydrogens (tertiary/aromatic N) is 2. The predicted octanol–water partition coefficient (Wildman–Crippen LogP) is 6.78. The maximum absolute atomic E-state index is 13.5. The SMILES string of the molecule is CC(C)CN(C[C@@H]1CN(Cc2cccs2)C[C@@H]1c1cccc(C(F)(F)F)c1)C(=O)c1ccccc1. The Morgan fingerprint density at radius 1 is 1.06 bits per heavy atom. The van der Waals surface area contributed by atoms with Crippen molar-refractivity contribution in [3.8, 4) is 0 Å². The lowest BCUT2D eigenvalue weighted by Gasteiger charge is -2.30. The van der Waals surface area contributed by atoms with Crippen LogP contribution in [0, 0.1) is 11.8 Å². The molecule has 1 aliphatic heterocycles. The van der Waals surface area contributed by atoms with E-state index in [1.165, 1.54) is 17.0 Å². The Bertz CT molecular complexity index is 1100. The summed E-state index contributed by atoms with van der Waals surface area (Å²) in [7, 11) is 0. The van der Waals surface area contributed by atoms with E-state index >= 15 is 0 Å². The van der Waals surface area contributed by atoms with Gasteiger partial charge in [-0.3, -0.25) is 9.69 Å². The highest BCUT2D eigenvalue weighted by Crippen LogP contribution is 2.38. The van der Waals surface area contributed by atoms with Crippen molar-refractivity contribution < 1.29 is 18.0 Å². The van der Waals surface area contributed by atoms with Gasteiger partial charge in [0.25, 0.3) is 5.91 Å². The molecule has 2 heterocycles. The molecule has 1 fully saturated rings. The monoisotopic (exact) mass is 500 g/mol. The summed E-state index contributed by atoms with van der Waals surface area (Å²) in [6.45, 7) is 7.42. The van der Waals surface area contributed by atoms with Crippen LogP contribution in [0.1, 0.15) is 46.1 Å². The van der Waals surface area contributed by atoms with Crippen LogP contribution < -0.4 is 0 Å². The summed E-state index contributed by atoms with van der Waals surface area (Å²) >= 11 is 1.68. The number of hydrogen-bond acceptors (Lipinski definition) is 3. The molecule has 186 valence electrons. The zero-order valence-corrected chi connectivity index (χ0v) is 20.9. The normalized spacial score (nSPS) is 18.8. The number of thiophene rings is 1. The molecule has 1 saturated heterocycles. The van der Waals surface area contributed by atoms with Gasteiger partial charge in [0.05, 0.1) is 5.56 Å². The van der Waals surface area contributed by atoms with Gasteiger partial charge in [-0.25, -0.2) is 0 Å². The molecule has 1 aromatic heterocycles. The van der Waals surface area contributed by atoms with Crippen LogP contribution in [0.5, 0.6) is 0 Å². The Morgan fingerprint density at radius 2 is 1.83 bits per heavy atom. The summed E-state index contributed by atoms with van der Waals surface area (Å²) < 4.78 is 40.4. The Hall–Kier alpha value is -2.64. The zero-order valence-electron chi connectivity index (χ0n) is 20.0. The first-order chi connectivity index (χ1) is 16.7. The molecule has 2 aromatic carbocycles. The topological polar surface area (TPSA) is 23.6 Å². The Morgan fingerprint density at radius 3 is 2.49 bits per heavy atom. The van der Waals surface area contributed by atoms with Gasteiger partial charge in [0.2, 0.25) is 0 Å². The third kappa shape index (κ3) is 6.53. The number of carbonyl (C=O) groups is 1. The van der Waals surface area contributed by atoms with E-state index in [2.05, 4.69) is 24.8 Å². The van der Waals surface area contributed by atoms with Crippen LogP contribution in [-0.2, 0) is 12.7 Å². The number of amides is 1. The summed E-state index contributed by atoms with van der Waals surface area (Å²) in [6, 6.07) is 19.0. The average Bonchev–Trinajstić information content (AvgIpc) is 3.48. The number of likely N-dealkylation sites (tertiary alicyclic amines) is 1. The number of halogens is 3. The van der Waals surface area contributed by atoms with E-state index in [0.717, 1.165) is 19.2 Å². The third-order valence-electron chi connectivity index (χ3n) is 6.47. The predicted molar refractivity (Wildman–Crippen MR) is 134 cm³/mol. The molecule has 35 heavy (non-hydrogen) atoms. The van der Waals surface area contributed by atoms with E-state index in [1.807, 2.05) is 46.7 Å². The number of alkyl halides is 3. The maximum atomic E-state index is 13.5. The third-order valence-corrected chi connectivity index (χ3v) is 7.33. The summed E-state index contributed by atoms with van der Waals surface area (Å²) in [5.74, 6) is 0.192. The highest BCUT2D eigenvalue weighted by molar-refractivity contribution is 7.09. The molecule has 0 spiro atoms. The first kappa shape index (κ1) is 25.5. The molecule has 0 N–H and O–H groups in total. The lowest BCUT2D eigenvalue weighted by Crippen LogP contribution is -2.39. The fourth-order valence-corrected chi connectivity index (χ4v) is 5.69. The molecule has 3 aromatic rings. The summed E-state index contributed by atoms with van der Waals surface area (Å²) in [6.07, 6.45) is -4.38. The average molecular weight is 501 g/mol. The summed E-state index contributed by atoms with van der Waals surface area (Å²) in [5.41, 5.74) is 0.706. The molecule has 0 saturated carbocycles. The van der Waals surface area contributed by atoms with Crippen molar-refractivity contribution >= 4 is 17.2 Å². The molecule has 0 aliphatic carbocycles. The minimum Gasteiger partial charge on any atom is -0.338 e. The number of rotatable bonds is 8. The van der Waals surface area contributed by atoms with Gasteiger partial charge in [-0.2, -0.15) is 13.2 Å². The minimum absolute atomic E-state index is 0.0289. The van der Waals surface area contributed by atoms with E-state index in [0.29, 0.717) is 30.8 Å². The van der Waals surface area contributed by atoms with Crippen molar-refractivity contribution in [1.82, 2.24) is 9.80 Å². The van der Waals surface area contributed by atoms with Crippen LogP contribution >= 0.6 is 11.3 Å². The Balaban J connectivity index is 1.62. The molecule has 4 rings (SSSR count). The van der Waals surface area contributed by atoms with Crippen LogP contribution in [0.4, 0.5) is 13.2 Å². The van der Waals surface area contributed by atoms with Crippen molar-refractivity contribution in [3.05, 3.63) is 93.7 Å². The van der Waals surface area contributed by atoms with E-state index in [-0.39, 0.29) is 23.7 Å². The van der Waals surface area contributed by atoms with Gasteiger partial charge in [0.1, 0.15) is 0 Å². The Labute approximate surface area is 209 Å². The van der Waals surface area contributed by atoms with Crippen LogP contribution in [0.15, 0.2) is 72.1 Å². The molecule has 1 aliphatic rings. The van der Waals surface area contributed by atoms with E-state index in [4.69, 9.17) is 0 Å². The molecule has 0 bridgehead atoms. The second kappa shape index (κ2) is 11.0. The van der Waals surface area contributed by atoms with Gasteiger partial charge in [-0.1, -0.05) is 56.3 Å². The minimum atomic E-state index is -4.38. The number of benzene rings is 2. The van der Waals surface area contributed by atoms with Gasteiger partial charge in [-0.05, 0) is 47.0 Å².